The van der Waals surface area contributed by atoms with Crippen molar-refractivity contribution in [1.82, 2.24) is 4.98 Å². The summed E-state index contributed by atoms with van der Waals surface area (Å²) in [4.78, 5) is 31.8. The van der Waals surface area contributed by atoms with Gasteiger partial charge in [-0.3, -0.25) is 35.3 Å². The Morgan fingerprint density at radius 1 is 0.926 bits per heavy atom. The Hall–Kier alpha value is -4.15. The maximum atomic E-state index is 10.4. The molecule has 0 radical (unpaired) electrons. The number of phenols is 1. The van der Waals surface area contributed by atoms with Gasteiger partial charge in [-0.05, 0) is 23.9 Å². The van der Waals surface area contributed by atoms with E-state index in [2.05, 4.69) is 30.1 Å². The summed E-state index contributed by atoms with van der Waals surface area (Å²) >= 11 is 0. The van der Waals surface area contributed by atoms with E-state index in [0.717, 1.165) is 0 Å². The number of non-ortho nitro benzene ring substituents is 1. The number of nitro groups is 3. The Morgan fingerprint density at radius 3 is 2.00 bits per heavy atom. The van der Waals surface area contributed by atoms with Crippen LogP contribution in [-0.4, -0.2) is 24.9 Å². The Labute approximate surface area is 151 Å². The second-order valence-electron chi connectivity index (χ2n) is 5.28. The molecule has 0 aliphatic rings. The Kier molecular flexibility index (Phi) is 5.56. The van der Waals surface area contributed by atoms with Crippen molar-refractivity contribution < 1.29 is 19.9 Å². The molecule has 1 aromatic heterocycles. The first-order chi connectivity index (χ1) is 12.7. The van der Waals surface area contributed by atoms with Crippen LogP contribution >= 0.6 is 0 Å². The minimum Gasteiger partial charge on any atom is -0.497 e. The lowest BCUT2D eigenvalue weighted by atomic mass is 10.1. The third-order valence-corrected chi connectivity index (χ3v) is 3.56. The molecule has 11 heteroatoms. The zero-order valence-corrected chi connectivity index (χ0v) is 13.8. The lowest BCUT2D eigenvalue weighted by Crippen LogP contribution is -1.97. The van der Waals surface area contributed by atoms with Gasteiger partial charge in [-0.1, -0.05) is 18.2 Å². The third kappa shape index (κ3) is 4.28. The van der Waals surface area contributed by atoms with Crippen molar-refractivity contribution in [3.05, 3.63) is 84.7 Å². The predicted octanol–water partition coefficient (Wildman–Crippen LogP) is 3.66. The van der Waals surface area contributed by atoms with E-state index in [1.54, 1.807) is 0 Å². The first-order valence-corrected chi connectivity index (χ1v) is 7.32. The molecule has 0 aliphatic heterocycles. The van der Waals surface area contributed by atoms with Crippen LogP contribution in [0.1, 0.15) is 5.56 Å². The molecule has 0 saturated carbocycles. The Bertz CT molecular complexity index is 1010. The van der Waals surface area contributed by atoms with E-state index in [4.69, 9.17) is 5.11 Å². The number of hydrogen-bond donors (Lipinski definition) is 1. The topological polar surface area (TPSA) is 163 Å². The van der Waals surface area contributed by atoms with Gasteiger partial charge >= 0.3 is 11.4 Å². The number of hydrogen-bond acceptors (Lipinski definition) is 8. The lowest BCUT2D eigenvalue weighted by molar-refractivity contribution is -0.404. The van der Waals surface area contributed by atoms with Crippen molar-refractivity contribution >= 4 is 27.8 Å². The highest BCUT2D eigenvalue weighted by atomic mass is 16.6. The summed E-state index contributed by atoms with van der Waals surface area (Å²) in [6, 6.07) is 9.19. The summed E-state index contributed by atoms with van der Waals surface area (Å²) in [5, 5.41) is 42.7. The lowest BCUT2D eigenvalue weighted by Gasteiger charge is -1.98. The minimum absolute atomic E-state index is 0.447. The highest BCUT2D eigenvalue weighted by Crippen LogP contribution is 2.38. The number of aryl methyl sites for hydroxylation is 1. The molecule has 0 spiro atoms. The molecule has 3 aromatic rings. The van der Waals surface area contributed by atoms with Crippen molar-refractivity contribution in [1.29, 1.82) is 0 Å². The number of fused-ring (bicyclic) bond motifs is 1. The number of aromatic nitrogens is 1. The maximum Gasteiger partial charge on any atom is 0.324 e. The van der Waals surface area contributed by atoms with Gasteiger partial charge in [-0.2, -0.15) is 0 Å². The molecule has 0 amide bonds. The smallest absolute Gasteiger partial charge is 0.324 e. The van der Waals surface area contributed by atoms with E-state index in [9.17, 15) is 30.3 Å². The number of benzene rings is 2. The highest BCUT2D eigenvalue weighted by molar-refractivity contribution is 5.84. The average molecular weight is 372 g/mol. The molecule has 2 aromatic carbocycles. The van der Waals surface area contributed by atoms with Crippen molar-refractivity contribution in [3.63, 3.8) is 0 Å². The summed E-state index contributed by atoms with van der Waals surface area (Å²) in [5.74, 6) is -1.21. The first kappa shape index (κ1) is 19.2. The summed E-state index contributed by atoms with van der Waals surface area (Å²) in [6.45, 7) is 2.11. The van der Waals surface area contributed by atoms with Gasteiger partial charge < -0.3 is 5.11 Å². The molecular formula is C16H12N4O7. The van der Waals surface area contributed by atoms with E-state index in [1.807, 2.05) is 18.5 Å². The molecule has 0 atom stereocenters. The molecule has 0 unspecified atom stereocenters. The molecule has 0 saturated heterocycles. The molecule has 1 N–H and O–H groups in total. The van der Waals surface area contributed by atoms with Crippen LogP contribution in [0, 0.1) is 37.3 Å². The van der Waals surface area contributed by atoms with Crippen molar-refractivity contribution in [2.24, 2.45) is 0 Å². The van der Waals surface area contributed by atoms with Gasteiger partial charge in [-0.25, -0.2) is 0 Å². The van der Waals surface area contributed by atoms with E-state index >= 15 is 0 Å². The van der Waals surface area contributed by atoms with Gasteiger partial charge in [0.25, 0.3) is 11.4 Å². The molecule has 11 nitrogen and oxygen atoms in total. The van der Waals surface area contributed by atoms with Crippen molar-refractivity contribution in [2.75, 3.05) is 0 Å². The van der Waals surface area contributed by atoms with Crippen LogP contribution in [0.15, 0.2) is 48.8 Å². The predicted molar refractivity (Wildman–Crippen MR) is 94.6 cm³/mol. The zero-order chi connectivity index (χ0) is 20.1. The quantitative estimate of drug-likeness (QED) is 0.537. The fourth-order valence-electron chi connectivity index (χ4n) is 2.26. The summed E-state index contributed by atoms with van der Waals surface area (Å²) < 4.78 is 0. The van der Waals surface area contributed by atoms with Gasteiger partial charge in [0.2, 0.25) is 0 Å². The summed E-state index contributed by atoms with van der Waals surface area (Å²) in [6.07, 6.45) is 3.72. The number of rotatable bonds is 3. The second-order valence-corrected chi connectivity index (χ2v) is 5.28. The number of pyridine rings is 1. The maximum absolute atomic E-state index is 10.4. The standard InChI is InChI=1S/C10H9N.C6H3N3O7/c1-8-3-2-4-9-7-11-6-5-10(8)9;10-6-4(8(13)14)1-3(7(11)12)2-5(6)9(15)16/h2-7H,1H3;1-2,10H. The van der Waals surface area contributed by atoms with E-state index in [0.29, 0.717) is 12.1 Å². The normalized spacial score (nSPS) is 9.96. The second kappa shape index (κ2) is 7.82. The number of nitrogens with zero attached hydrogens (tertiary/aromatic N) is 4. The molecule has 27 heavy (non-hydrogen) atoms. The third-order valence-electron chi connectivity index (χ3n) is 3.56. The molecule has 3 rings (SSSR count). The highest BCUT2D eigenvalue weighted by Gasteiger charge is 2.30. The Morgan fingerprint density at radius 2 is 1.52 bits per heavy atom. The fraction of sp³-hybridized carbons (Fsp3) is 0.0625. The monoisotopic (exact) mass is 372 g/mol. The largest absolute Gasteiger partial charge is 0.497 e. The molecule has 0 aliphatic carbocycles. The van der Waals surface area contributed by atoms with Gasteiger partial charge in [0.15, 0.2) is 0 Å². The Balaban J connectivity index is 0.000000206. The molecule has 0 bridgehead atoms. The summed E-state index contributed by atoms with van der Waals surface area (Å²) in [7, 11) is 0. The van der Waals surface area contributed by atoms with Gasteiger partial charge in [0, 0.05) is 17.8 Å². The van der Waals surface area contributed by atoms with Crippen LogP contribution in [0.4, 0.5) is 17.1 Å². The van der Waals surface area contributed by atoms with Crippen molar-refractivity contribution in [2.45, 2.75) is 6.92 Å². The van der Waals surface area contributed by atoms with Crippen LogP contribution in [0.3, 0.4) is 0 Å². The summed E-state index contributed by atoms with van der Waals surface area (Å²) in [5.41, 5.74) is -1.69. The van der Waals surface area contributed by atoms with E-state index < -0.39 is 37.6 Å². The van der Waals surface area contributed by atoms with Crippen molar-refractivity contribution in [3.8, 4) is 5.75 Å². The van der Waals surface area contributed by atoms with Crippen LogP contribution in [0.5, 0.6) is 5.75 Å². The zero-order valence-electron chi connectivity index (χ0n) is 13.8. The molecular weight excluding hydrogens is 360 g/mol. The SMILES string of the molecule is Cc1cccc2cnccc12.O=[N+]([O-])c1cc([N+](=O)[O-])c(O)c([N+](=O)[O-])c1. The molecule has 1 heterocycles. The number of nitro benzene ring substituents is 3. The van der Waals surface area contributed by atoms with Crippen LogP contribution in [0.25, 0.3) is 10.8 Å². The minimum atomic E-state index is -1.21. The van der Waals surface area contributed by atoms with E-state index in [-0.39, 0.29) is 0 Å². The van der Waals surface area contributed by atoms with Gasteiger partial charge in [0.1, 0.15) is 0 Å². The van der Waals surface area contributed by atoms with E-state index in [1.165, 1.54) is 16.3 Å². The van der Waals surface area contributed by atoms with Crippen LogP contribution < -0.4 is 0 Å². The molecule has 0 fully saturated rings. The van der Waals surface area contributed by atoms with Gasteiger partial charge in [0.05, 0.1) is 26.9 Å². The van der Waals surface area contributed by atoms with Gasteiger partial charge in [-0.15, -0.1) is 0 Å². The van der Waals surface area contributed by atoms with Crippen LogP contribution in [-0.2, 0) is 0 Å². The fourth-order valence-corrected chi connectivity index (χ4v) is 2.26. The first-order valence-electron chi connectivity index (χ1n) is 7.32. The number of aromatic hydroxyl groups is 1. The molecule has 138 valence electrons. The average Bonchev–Trinajstić information content (AvgIpc) is 2.62. The van der Waals surface area contributed by atoms with Crippen LogP contribution in [0.2, 0.25) is 0 Å². The number of phenolic OH excluding ortho intramolecular Hbond substituents is 1.